The summed E-state index contributed by atoms with van der Waals surface area (Å²) in [5.74, 6) is 0.707. The number of hydrogen-bond donors (Lipinski definition) is 1. The number of nitrogens with zero attached hydrogens (tertiary/aromatic N) is 2. The number of sulfonamides is 1. The maximum absolute atomic E-state index is 13.1. The highest BCUT2D eigenvalue weighted by atomic mass is 32.2. The van der Waals surface area contributed by atoms with E-state index in [0.717, 1.165) is 12.8 Å². The fourth-order valence-electron chi connectivity index (χ4n) is 2.35. The lowest BCUT2D eigenvalue weighted by Gasteiger charge is -2.08. The molecule has 1 fully saturated rings. The van der Waals surface area contributed by atoms with Crippen LogP contribution in [0.5, 0.6) is 0 Å². The van der Waals surface area contributed by atoms with Crippen molar-refractivity contribution in [2.24, 2.45) is 0 Å². The molecule has 1 aromatic carbocycles. The SMILES string of the molecule is Cc1cc(F)ccc1NS(=O)(=O)c1ccc(-c2nnc(C3CC3)o2)o1. The largest absolute Gasteiger partial charge is 0.438 e. The van der Waals surface area contributed by atoms with Crippen molar-refractivity contribution in [3.05, 3.63) is 47.6 Å². The van der Waals surface area contributed by atoms with Crippen LogP contribution >= 0.6 is 0 Å². The minimum Gasteiger partial charge on any atom is -0.438 e. The first-order valence-corrected chi connectivity index (χ1v) is 9.13. The molecule has 0 bridgehead atoms. The number of aryl methyl sites for hydroxylation is 1. The zero-order valence-electron chi connectivity index (χ0n) is 13.2. The molecule has 0 spiro atoms. The second-order valence-corrected chi connectivity index (χ2v) is 7.52. The Hall–Kier alpha value is -2.68. The van der Waals surface area contributed by atoms with Gasteiger partial charge >= 0.3 is 0 Å². The van der Waals surface area contributed by atoms with Gasteiger partial charge in [-0.15, -0.1) is 10.2 Å². The van der Waals surface area contributed by atoms with Crippen LogP contribution in [0.3, 0.4) is 0 Å². The predicted octanol–water partition coefficient (Wildman–Crippen LogP) is 3.46. The van der Waals surface area contributed by atoms with E-state index in [4.69, 9.17) is 8.83 Å². The molecule has 1 aliphatic rings. The average Bonchev–Trinajstić information content (AvgIpc) is 3.09. The molecule has 0 saturated heterocycles. The summed E-state index contributed by atoms with van der Waals surface area (Å²) >= 11 is 0. The summed E-state index contributed by atoms with van der Waals surface area (Å²) in [5.41, 5.74) is 0.731. The number of hydrogen-bond acceptors (Lipinski definition) is 6. The van der Waals surface area contributed by atoms with Crippen LogP contribution < -0.4 is 4.72 Å². The van der Waals surface area contributed by atoms with Gasteiger partial charge in [0.2, 0.25) is 11.0 Å². The molecule has 3 aromatic rings. The summed E-state index contributed by atoms with van der Waals surface area (Å²) in [4.78, 5) is 0. The lowest BCUT2D eigenvalue weighted by atomic mass is 10.2. The minimum atomic E-state index is -3.96. The third kappa shape index (κ3) is 3.14. The van der Waals surface area contributed by atoms with Crippen molar-refractivity contribution in [3.63, 3.8) is 0 Å². The maximum atomic E-state index is 13.1. The lowest BCUT2D eigenvalue weighted by Crippen LogP contribution is -2.13. The minimum absolute atomic E-state index is 0.140. The van der Waals surface area contributed by atoms with E-state index in [1.54, 1.807) is 6.92 Å². The highest BCUT2D eigenvalue weighted by Gasteiger charge is 2.30. The Morgan fingerprint density at radius 2 is 1.96 bits per heavy atom. The third-order valence-corrected chi connectivity index (χ3v) is 5.09. The molecular weight excluding hydrogens is 349 g/mol. The fraction of sp³-hybridized carbons (Fsp3) is 0.250. The van der Waals surface area contributed by atoms with E-state index >= 15 is 0 Å². The Bertz CT molecular complexity index is 1040. The molecule has 2 aromatic heterocycles. The zero-order valence-corrected chi connectivity index (χ0v) is 14.0. The quantitative estimate of drug-likeness (QED) is 0.745. The first-order valence-electron chi connectivity index (χ1n) is 7.65. The van der Waals surface area contributed by atoms with E-state index in [2.05, 4.69) is 14.9 Å². The summed E-state index contributed by atoms with van der Waals surface area (Å²) < 4.78 is 51.3. The number of halogens is 1. The molecule has 0 amide bonds. The highest BCUT2D eigenvalue weighted by Crippen LogP contribution is 2.40. The lowest BCUT2D eigenvalue weighted by molar-refractivity contribution is 0.435. The van der Waals surface area contributed by atoms with Crippen LogP contribution in [-0.4, -0.2) is 18.6 Å². The van der Waals surface area contributed by atoms with Crippen LogP contribution in [0.1, 0.15) is 30.2 Å². The molecule has 2 heterocycles. The van der Waals surface area contributed by atoms with Crippen molar-refractivity contribution in [1.82, 2.24) is 10.2 Å². The highest BCUT2D eigenvalue weighted by molar-refractivity contribution is 7.92. The van der Waals surface area contributed by atoms with Crippen LogP contribution in [0.15, 0.2) is 44.3 Å². The van der Waals surface area contributed by atoms with E-state index in [0.29, 0.717) is 17.4 Å². The Morgan fingerprint density at radius 3 is 2.68 bits per heavy atom. The average molecular weight is 363 g/mol. The molecule has 0 unspecified atom stereocenters. The molecule has 1 saturated carbocycles. The molecule has 9 heteroatoms. The maximum Gasteiger partial charge on any atom is 0.295 e. The number of anilines is 1. The van der Waals surface area contributed by atoms with E-state index in [1.165, 1.54) is 30.3 Å². The summed E-state index contributed by atoms with van der Waals surface area (Å²) in [6.45, 7) is 1.60. The summed E-state index contributed by atoms with van der Waals surface area (Å²) in [6, 6.07) is 6.53. The Kier molecular flexibility index (Phi) is 3.60. The normalized spacial score (nSPS) is 14.6. The summed E-state index contributed by atoms with van der Waals surface area (Å²) in [6.07, 6.45) is 2.03. The topological polar surface area (TPSA) is 98.2 Å². The van der Waals surface area contributed by atoms with Gasteiger partial charge in [0, 0.05) is 5.92 Å². The number of rotatable bonds is 5. The van der Waals surface area contributed by atoms with Gasteiger partial charge in [0.15, 0.2) is 5.76 Å². The number of benzene rings is 1. The molecule has 1 N–H and O–H groups in total. The summed E-state index contributed by atoms with van der Waals surface area (Å²) in [5, 5.41) is 7.53. The molecular formula is C16H14FN3O4S. The van der Waals surface area contributed by atoms with Gasteiger partial charge in [0.1, 0.15) is 5.82 Å². The number of furan rings is 1. The molecule has 1 aliphatic carbocycles. The Morgan fingerprint density at radius 1 is 1.16 bits per heavy atom. The molecule has 7 nitrogen and oxygen atoms in total. The van der Waals surface area contributed by atoms with E-state index < -0.39 is 15.8 Å². The van der Waals surface area contributed by atoms with Gasteiger partial charge in [-0.05, 0) is 55.7 Å². The number of aromatic nitrogens is 2. The van der Waals surface area contributed by atoms with Crippen LogP contribution in [0.2, 0.25) is 0 Å². The molecule has 130 valence electrons. The zero-order chi connectivity index (χ0) is 17.6. The first kappa shape index (κ1) is 15.8. The molecule has 25 heavy (non-hydrogen) atoms. The van der Waals surface area contributed by atoms with Crippen molar-refractivity contribution < 1.29 is 21.6 Å². The van der Waals surface area contributed by atoms with Crippen molar-refractivity contribution in [2.45, 2.75) is 30.8 Å². The van der Waals surface area contributed by atoms with Crippen molar-refractivity contribution >= 4 is 15.7 Å². The van der Waals surface area contributed by atoms with Crippen LogP contribution in [0.25, 0.3) is 11.7 Å². The van der Waals surface area contributed by atoms with Crippen molar-refractivity contribution in [3.8, 4) is 11.7 Å². The van der Waals surface area contributed by atoms with Gasteiger partial charge in [-0.1, -0.05) is 0 Å². The van der Waals surface area contributed by atoms with Gasteiger partial charge in [-0.3, -0.25) is 4.72 Å². The van der Waals surface area contributed by atoms with Gasteiger partial charge in [0.25, 0.3) is 15.9 Å². The molecule has 0 atom stereocenters. The molecule has 4 rings (SSSR count). The summed E-state index contributed by atoms with van der Waals surface area (Å²) in [7, 11) is -3.96. The van der Waals surface area contributed by atoms with Crippen LogP contribution in [0.4, 0.5) is 10.1 Å². The third-order valence-electron chi connectivity index (χ3n) is 3.86. The molecule has 0 aliphatic heterocycles. The first-order chi connectivity index (χ1) is 11.9. The monoisotopic (exact) mass is 363 g/mol. The molecule has 0 radical (unpaired) electrons. The van der Waals surface area contributed by atoms with E-state index in [-0.39, 0.29) is 22.4 Å². The van der Waals surface area contributed by atoms with Gasteiger partial charge in [-0.2, -0.15) is 8.42 Å². The van der Waals surface area contributed by atoms with E-state index in [9.17, 15) is 12.8 Å². The van der Waals surface area contributed by atoms with Crippen LogP contribution in [-0.2, 0) is 10.0 Å². The van der Waals surface area contributed by atoms with Crippen molar-refractivity contribution in [2.75, 3.05) is 4.72 Å². The number of nitrogens with one attached hydrogen (secondary N) is 1. The Balaban J connectivity index is 1.59. The van der Waals surface area contributed by atoms with E-state index in [1.807, 2.05) is 0 Å². The Labute approximate surface area is 142 Å². The van der Waals surface area contributed by atoms with Crippen molar-refractivity contribution in [1.29, 1.82) is 0 Å². The van der Waals surface area contributed by atoms with Gasteiger partial charge < -0.3 is 8.83 Å². The predicted molar refractivity (Wildman–Crippen MR) is 85.9 cm³/mol. The standard InChI is InChI=1S/C16H14FN3O4S/c1-9-8-11(17)4-5-12(9)20-25(21,22)14-7-6-13(23-14)16-19-18-15(24-16)10-2-3-10/h4-8,10,20H,2-3H2,1H3. The second-order valence-electron chi connectivity index (χ2n) is 5.90. The second kappa shape index (κ2) is 5.69. The van der Waals surface area contributed by atoms with Gasteiger partial charge in [0.05, 0.1) is 5.69 Å². The van der Waals surface area contributed by atoms with Gasteiger partial charge in [-0.25, -0.2) is 4.39 Å². The smallest absolute Gasteiger partial charge is 0.295 e. The van der Waals surface area contributed by atoms with Crippen LogP contribution in [0, 0.1) is 12.7 Å². The fourth-order valence-corrected chi connectivity index (χ4v) is 3.41.